The van der Waals surface area contributed by atoms with Gasteiger partial charge in [0.1, 0.15) is 0 Å². The Bertz CT molecular complexity index is 297. The van der Waals surface area contributed by atoms with Gasteiger partial charge in [-0.3, -0.25) is 4.79 Å². The normalized spacial score (nSPS) is 40.7. The Morgan fingerprint density at radius 1 is 1.39 bits per heavy atom. The highest BCUT2D eigenvalue weighted by atomic mass is 16.5. The van der Waals surface area contributed by atoms with Crippen molar-refractivity contribution in [2.75, 3.05) is 13.2 Å². The molecule has 18 heavy (non-hydrogen) atoms. The zero-order chi connectivity index (χ0) is 13.2. The molecule has 4 nitrogen and oxygen atoms in total. The molecule has 2 atom stereocenters. The summed E-state index contributed by atoms with van der Waals surface area (Å²) in [5.41, 5.74) is -0.687. The summed E-state index contributed by atoms with van der Waals surface area (Å²) in [6.07, 6.45) is 4.67. The molecular weight excluding hydrogens is 230 g/mol. The van der Waals surface area contributed by atoms with Crippen LogP contribution >= 0.6 is 0 Å². The molecule has 0 spiro atoms. The molecule has 1 saturated carbocycles. The summed E-state index contributed by atoms with van der Waals surface area (Å²) in [4.78, 5) is 11.9. The SMILES string of the molecule is CC1CCC(O)(CNC(=O)C2COC(C)C2)CC1. The number of rotatable bonds is 3. The van der Waals surface area contributed by atoms with Crippen molar-refractivity contribution < 1.29 is 14.6 Å². The number of nitrogens with one attached hydrogen (secondary N) is 1. The largest absolute Gasteiger partial charge is 0.388 e. The van der Waals surface area contributed by atoms with Gasteiger partial charge in [0.15, 0.2) is 0 Å². The molecule has 1 saturated heterocycles. The van der Waals surface area contributed by atoms with E-state index in [9.17, 15) is 9.90 Å². The van der Waals surface area contributed by atoms with Crippen molar-refractivity contribution in [1.82, 2.24) is 5.32 Å². The van der Waals surface area contributed by atoms with E-state index in [1.807, 2.05) is 6.92 Å². The maximum Gasteiger partial charge on any atom is 0.225 e. The summed E-state index contributed by atoms with van der Waals surface area (Å²) in [7, 11) is 0. The highest BCUT2D eigenvalue weighted by molar-refractivity contribution is 5.79. The Morgan fingerprint density at radius 3 is 2.61 bits per heavy atom. The Balaban J connectivity index is 1.75. The number of amides is 1. The van der Waals surface area contributed by atoms with E-state index in [0.717, 1.165) is 32.1 Å². The molecule has 0 aromatic carbocycles. The van der Waals surface area contributed by atoms with E-state index in [-0.39, 0.29) is 17.9 Å². The van der Waals surface area contributed by atoms with Gasteiger partial charge in [0.25, 0.3) is 0 Å². The van der Waals surface area contributed by atoms with E-state index in [2.05, 4.69) is 12.2 Å². The summed E-state index contributed by atoms with van der Waals surface area (Å²) in [6, 6.07) is 0. The van der Waals surface area contributed by atoms with Crippen molar-refractivity contribution in [3.8, 4) is 0 Å². The fourth-order valence-electron chi connectivity index (χ4n) is 2.87. The van der Waals surface area contributed by atoms with Crippen LogP contribution < -0.4 is 5.32 Å². The molecule has 0 radical (unpaired) electrons. The van der Waals surface area contributed by atoms with Gasteiger partial charge in [-0.1, -0.05) is 6.92 Å². The van der Waals surface area contributed by atoms with E-state index in [1.54, 1.807) is 0 Å². The minimum atomic E-state index is -0.687. The molecule has 0 aromatic heterocycles. The minimum absolute atomic E-state index is 0.0337. The van der Waals surface area contributed by atoms with Gasteiger partial charge in [-0.05, 0) is 44.9 Å². The predicted molar refractivity (Wildman–Crippen MR) is 69.1 cm³/mol. The molecular formula is C14H25NO3. The first kappa shape index (κ1) is 13.8. The monoisotopic (exact) mass is 255 g/mol. The van der Waals surface area contributed by atoms with Crippen LogP contribution in [-0.2, 0) is 9.53 Å². The number of carbonyl (C=O) groups is 1. The summed E-state index contributed by atoms with van der Waals surface area (Å²) >= 11 is 0. The van der Waals surface area contributed by atoms with Crippen molar-refractivity contribution in [3.05, 3.63) is 0 Å². The fraction of sp³-hybridized carbons (Fsp3) is 0.929. The quantitative estimate of drug-likeness (QED) is 0.803. The first-order valence-corrected chi connectivity index (χ1v) is 7.10. The summed E-state index contributed by atoms with van der Waals surface area (Å²) < 4.78 is 5.39. The standard InChI is InChI=1S/C14H25NO3/c1-10-3-5-14(17,6-4-10)9-15-13(16)12-7-11(2)18-8-12/h10-12,17H,3-9H2,1-2H3,(H,15,16). The zero-order valence-electron chi connectivity index (χ0n) is 11.4. The third kappa shape index (κ3) is 3.45. The second-order valence-electron chi connectivity index (χ2n) is 6.20. The summed E-state index contributed by atoms with van der Waals surface area (Å²) in [6.45, 7) is 5.12. The third-order valence-electron chi connectivity index (χ3n) is 4.37. The molecule has 2 aliphatic rings. The van der Waals surface area contributed by atoms with Crippen LogP contribution in [0.2, 0.25) is 0 Å². The van der Waals surface area contributed by atoms with Crippen molar-refractivity contribution >= 4 is 5.91 Å². The van der Waals surface area contributed by atoms with Crippen LogP contribution in [0.1, 0.15) is 46.0 Å². The molecule has 1 heterocycles. The maximum atomic E-state index is 11.9. The van der Waals surface area contributed by atoms with Crippen LogP contribution in [0.4, 0.5) is 0 Å². The van der Waals surface area contributed by atoms with E-state index in [0.29, 0.717) is 19.1 Å². The van der Waals surface area contributed by atoms with Gasteiger partial charge in [0.05, 0.1) is 24.2 Å². The molecule has 4 heteroatoms. The molecule has 2 rings (SSSR count). The third-order valence-corrected chi connectivity index (χ3v) is 4.37. The second-order valence-corrected chi connectivity index (χ2v) is 6.20. The van der Waals surface area contributed by atoms with Crippen molar-refractivity contribution in [2.45, 2.75) is 57.7 Å². The van der Waals surface area contributed by atoms with Gasteiger partial charge in [0.2, 0.25) is 5.91 Å². The van der Waals surface area contributed by atoms with Crippen LogP contribution in [0.15, 0.2) is 0 Å². The molecule has 2 fully saturated rings. The number of carbonyl (C=O) groups excluding carboxylic acids is 1. The Morgan fingerprint density at radius 2 is 2.06 bits per heavy atom. The molecule has 2 unspecified atom stereocenters. The zero-order valence-corrected chi connectivity index (χ0v) is 11.4. The Kier molecular flexibility index (Phi) is 4.28. The lowest BCUT2D eigenvalue weighted by molar-refractivity contribution is -0.126. The van der Waals surface area contributed by atoms with Crippen LogP contribution in [0.3, 0.4) is 0 Å². The number of hydrogen-bond acceptors (Lipinski definition) is 3. The van der Waals surface area contributed by atoms with Crippen molar-refractivity contribution in [1.29, 1.82) is 0 Å². The summed E-state index contributed by atoms with van der Waals surface area (Å²) in [5, 5.41) is 13.3. The van der Waals surface area contributed by atoms with E-state index in [1.165, 1.54) is 0 Å². The first-order chi connectivity index (χ1) is 8.48. The van der Waals surface area contributed by atoms with Crippen LogP contribution in [0.5, 0.6) is 0 Å². The lowest BCUT2D eigenvalue weighted by Crippen LogP contribution is -2.46. The highest BCUT2D eigenvalue weighted by Gasteiger charge is 2.34. The number of aliphatic hydroxyl groups is 1. The second kappa shape index (κ2) is 5.57. The van der Waals surface area contributed by atoms with E-state index >= 15 is 0 Å². The van der Waals surface area contributed by atoms with Gasteiger partial charge >= 0.3 is 0 Å². The van der Waals surface area contributed by atoms with Crippen LogP contribution in [0.25, 0.3) is 0 Å². The van der Waals surface area contributed by atoms with Crippen LogP contribution in [-0.4, -0.2) is 35.9 Å². The first-order valence-electron chi connectivity index (χ1n) is 7.10. The van der Waals surface area contributed by atoms with Gasteiger partial charge in [0, 0.05) is 6.54 Å². The number of hydrogen-bond donors (Lipinski definition) is 2. The molecule has 1 amide bonds. The average molecular weight is 255 g/mol. The lowest BCUT2D eigenvalue weighted by atomic mass is 9.79. The molecule has 1 aliphatic carbocycles. The van der Waals surface area contributed by atoms with Crippen LogP contribution in [0, 0.1) is 11.8 Å². The van der Waals surface area contributed by atoms with Crippen molar-refractivity contribution in [2.24, 2.45) is 11.8 Å². The van der Waals surface area contributed by atoms with E-state index in [4.69, 9.17) is 4.74 Å². The smallest absolute Gasteiger partial charge is 0.225 e. The fourth-order valence-corrected chi connectivity index (χ4v) is 2.87. The Labute approximate surface area is 109 Å². The van der Waals surface area contributed by atoms with Gasteiger partial charge in [-0.25, -0.2) is 0 Å². The average Bonchev–Trinajstić information content (AvgIpc) is 2.77. The predicted octanol–water partition coefficient (Wildman–Crippen LogP) is 1.47. The van der Waals surface area contributed by atoms with Gasteiger partial charge < -0.3 is 15.2 Å². The molecule has 2 N–H and O–H groups in total. The van der Waals surface area contributed by atoms with Gasteiger partial charge in [-0.15, -0.1) is 0 Å². The maximum absolute atomic E-state index is 11.9. The van der Waals surface area contributed by atoms with Crippen molar-refractivity contribution in [3.63, 3.8) is 0 Å². The topological polar surface area (TPSA) is 58.6 Å². The molecule has 1 aliphatic heterocycles. The molecule has 0 aromatic rings. The number of ether oxygens (including phenoxy) is 1. The molecule has 0 bridgehead atoms. The highest BCUT2D eigenvalue weighted by Crippen LogP contribution is 2.31. The minimum Gasteiger partial charge on any atom is -0.388 e. The summed E-state index contributed by atoms with van der Waals surface area (Å²) in [5.74, 6) is 0.697. The van der Waals surface area contributed by atoms with E-state index < -0.39 is 5.60 Å². The van der Waals surface area contributed by atoms with Gasteiger partial charge in [-0.2, -0.15) is 0 Å². The Hall–Kier alpha value is -0.610. The molecule has 104 valence electrons. The lowest BCUT2D eigenvalue weighted by Gasteiger charge is -2.35.